The number of carbonyl (C=O) groups excluding carboxylic acids is 2. The summed E-state index contributed by atoms with van der Waals surface area (Å²) in [7, 11) is 1.59. The highest BCUT2D eigenvalue weighted by molar-refractivity contribution is 6.92. The summed E-state index contributed by atoms with van der Waals surface area (Å²) in [6.45, 7) is 13.8. The molecule has 0 aliphatic carbocycles. The first kappa shape index (κ1) is 29.2. The Labute approximate surface area is 180 Å². The predicted molar refractivity (Wildman–Crippen MR) is 129 cm³/mol. The maximum atomic E-state index is 12.5. The Kier molecular flexibility index (Phi) is 15.9. The van der Waals surface area contributed by atoms with E-state index in [9.17, 15) is 9.59 Å². The number of hydrogen-bond donors (Lipinski definition) is 1. The Morgan fingerprint density at radius 3 is 1.93 bits per heavy atom. The molecule has 4 nitrogen and oxygen atoms in total. The second-order valence-electron chi connectivity index (χ2n) is 6.05. The summed E-state index contributed by atoms with van der Waals surface area (Å²) in [5.74, 6) is -0.279. The van der Waals surface area contributed by atoms with E-state index in [0.29, 0.717) is 17.7 Å². The Hall–Kier alpha value is -2.03. The first-order valence-corrected chi connectivity index (χ1v) is 9.93. The fourth-order valence-corrected chi connectivity index (χ4v) is 2.47. The molecule has 2 aromatic rings. The van der Waals surface area contributed by atoms with Crippen LogP contribution >= 0.6 is 9.90 Å². The molecule has 29 heavy (non-hydrogen) atoms. The molecule has 0 fully saturated rings. The zero-order valence-electron chi connectivity index (χ0n) is 19.3. The normalized spacial score (nSPS) is 10.2. The monoisotopic (exact) mass is 419 g/mol. The predicted octanol–water partition coefficient (Wildman–Crippen LogP) is 5.74. The van der Waals surface area contributed by atoms with Gasteiger partial charge in [-0.1, -0.05) is 57.5 Å². The van der Waals surface area contributed by atoms with Crippen LogP contribution in [0.25, 0.3) is 11.1 Å². The smallest absolute Gasteiger partial charge is 0.251 e. The molecule has 0 saturated carbocycles. The third-order valence-electron chi connectivity index (χ3n) is 3.78. The van der Waals surface area contributed by atoms with Gasteiger partial charge in [0.1, 0.15) is 0 Å². The lowest BCUT2D eigenvalue weighted by atomic mass is 9.97. The number of hydrogen-bond acceptors (Lipinski definition) is 3. The number of nitrogens with one attached hydrogen (secondary N) is 1. The van der Waals surface area contributed by atoms with Gasteiger partial charge >= 0.3 is 0 Å². The average molecular weight is 420 g/mol. The fourth-order valence-electron chi connectivity index (χ4n) is 2.47. The van der Waals surface area contributed by atoms with E-state index in [1.165, 1.54) is 6.92 Å². The molecular formula is C24H38NO3P. The van der Waals surface area contributed by atoms with E-state index < -0.39 is 0 Å². The molecule has 0 aromatic heterocycles. The van der Waals surface area contributed by atoms with E-state index in [2.05, 4.69) is 5.32 Å². The van der Waals surface area contributed by atoms with E-state index in [1.807, 2.05) is 77.9 Å². The lowest BCUT2D eigenvalue weighted by Crippen LogP contribution is -2.35. The van der Waals surface area contributed by atoms with Crippen molar-refractivity contribution in [1.82, 2.24) is 5.32 Å². The number of amides is 1. The van der Waals surface area contributed by atoms with Crippen molar-refractivity contribution in [2.75, 3.05) is 13.7 Å². The number of ether oxygens (including phenoxy) is 1. The molecule has 0 bridgehead atoms. The summed E-state index contributed by atoms with van der Waals surface area (Å²) in [6.07, 6.45) is 0. The minimum absolute atomic E-state index is 0. The van der Waals surface area contributed by atoms with Gasteiger partial charge in [-0.25, -0.2) is 0 Å². The SMILES string of the molecule is CC.CC.COCC(C)NC(=O)c1cc(C(C)=O)cc(-c2ccc(C)cc2)c1.P. The van der Waals surface area contributed by atoms with Crippen LogP contribution in [0.3, 0.4) is 0 Å². The molecule has 162 valence electrons. The standard InChI is InChI=1S/C20H23NO3.2C2H6.H3P/c1-13-5-7-16(8-6-13)18-9-17(15(3)22)10-19(11-18)20(23)21-14(2)12-24-4;2*1-2;/h5-11,14H,12H2,1-4H3,(H,21,23);2*1-2H3;1H3. The lowest BCUT2D eigenvalue weighted by Gasteiger charge is -2.14. The van der Waals surface area contributed by atoms with Crippen molar-refractivity contribution in [2.45, 2.75) is 54.5 Å². The second-order valence-corrected chi connectivity index (χ2v) is 6.05. The van der Waals surface area contributed by atoms with Crippen LogP contribution < -0.4 is 5.32 Å². The quantitative estimate of drug-likeness (QED) is 0.480. The molecule has 2 aromatic carbocycles. The highest BCUT2D eigenvalue weighted by Gasteiger charge is 2.14. The van der Waals surface area contributed by atoms with Gasteiger partial charge in [0.05, 0.1) is 6.61 Å². The maximum Gasteiger partial charge on any atom is 0.251 e. The molecule has 0 radical (unpaired) electrons. The highest BCUT2D eigenvalue weighted by atomic mass is 31.0. The van der Waals surface area contributed by atoms with Gasteiger partial charge < -0.3 is 10.1 Å². The highest BCUT2D eigenvalue weighted by Crippen LogP contribution is 2.23. The molecular weight excluding hydrogens is 381 g/mol. The van der Waals surface area contributed by atoms with Crippen molar-refractivity contribution >= 4 is 21.6 Å². The van der Waals surface area contributed by atoms with E-state index in [4.69, 9.17) is 4.74 Å². The van der Waals surface area contributed by atoms with Crippen LogP contribution in [0.15, 0.2) is 42.5 Å². The van der Waals surface area contributed by atoms with Crippen molar-refractivity contribution in [2.24, 2.45) is 0 Å². The summed E-state index contributed by atoms with van der Waals surface area (Å²) in [5.41, 5.74) is 3.99. The number of benzene rings is 2. The van der Waals surface area contributed by atoms with Crippen LogP contribution in [0.5, 0.6) is 0 Å². The summed E-state index contributed by atoms with van der Waals surface area (Å²) >= 11 is 0. The summed E-state index contributed by atoms with van der Waals surface area (Å²) in [6, 6.07) is 13.2. The van der Waals surface area contributed by atoms with E-state index in [0.717, 1.165) is 16.7 Å². The van der Waals surface area contributed by atoms with Crippen molar-refractivity contribution in [3.05, 3.63) is 59.2 Å². The molecule has 1 amide bonds. The van der Waals surface area contributed by atoms with Crippen LogP contribution in [0.2, 0.25) is 0 Å². The maximum absolute atomic E-state index is 12.5. The van der Waals surface area contributed by atoms with E-state index in [-0.39, 0.29) is 27.6 Å². The second kappa shape index (κ2) is 15.8. The van der Waals surface area contributed by atoms with Crippen LogP contribution in [0.1, 0.15) is 67.8 Å². The number of Topliss-reactive ketones (excluding diaryl/α,β-unsaturated/α-hetero) is 1. The van der Waals surface area contributed by atoms with Crippen molar-refractivity contribution in [3.63, 3.8) is 0 Å². The number of ketones is 1. The Balaban J connectivity index is 0. The minimum Gasteiger partial charge on any atom is -0.383 e. The average Bonchev–Trinajstić information content (AvgIpc) is 2.71. The van der Waals surface area contributed by atoms with Gasteiger partial charge in [0.25, 0.3) is 5.91 Å². The third-order valence-corrected chi connectivity index (χ3v) is 3.78. The first-order chi connectivity index (χ1) is 13.4. The summed E-state index contributed by atoms with van der Waals surface area (Å²) < 4.78 is 5.04. The molecule has 0 saturated heterocycles. The molecule has 0 aliphatic heterocycles. The first-order valence-electron chi connectivity index (χ1n) is 9.93. The summed E-state index contributed by atoms with van der Waals surface area (Å²) in [4.78, 5) is 24.3. The zero-order chi connectivity index (χ0) is 21.7. The molecule has 1 N–H and O–H groups in total. The molecule has 2 rings (SSSR count). The van der Waals surface area contributed by atoms with Gasteiger partial charge in [-0.15, -0.1) is 0 Å². The van der Waals surface area contributed by atoms with Crippen molar-refractivity contribution in [3.8, 4) is 11.1 Å². The Morgan fingerprint density at radius 2 is 1.45 bits per heavy atom. The topological polar surface area (TPSA) is 55.4 Å². The van der Waals surface area contributed by atoms with Crippen molar-refractivity contribution in [1.29, 1.82) is 0 Å². The van der Waals surface area contributed by atoms with E-state index in [1.54, 1.807) is 13.2 Å². The fraction of sp³-hybridized carbons (Fsp3) is 0.417. The minimum atomic E-state index is -0.212. The lowest BCUT2D eigenvalue weighted by molar-refractivity contribution is 0.0905. The Bertz CT molecular complexity index is 742. The van der Waals surface area contributed by atoms with Gasteiger partial charge in [-0.3, -0.25) is 9.59 Å². The molecule has 2 unspecified atom stereocenters. The molecule has 5 heteroatoms. The molecule has 2 atom stereocenters. The van der Waals surface area contributed by atoms with Crippen molar-refractivity contribution < 1.29 is 14.3 Å². The zero-order valence-corrected chi connectivity index (χ0v) is 20.7. The number of aryl methyl sites for hydroxylation is 1. The van der Waals surface area contributed by atoms with Gasteiger partial charge in [-0.2, -0.15) is 9.90 Å². The van der Waals surface area contributed by atoms with Gasteiger partial charge in [0, 0.05) is 24.3 Å². The van der Waals surface area contributed by atoms with Crippen LogP contribution in [-0.4, -0.2) is 31.4 Å². The molecule has 0 aliphatic rings. The van der Waals surface area contributed by atoms with Gasteiger partial charge in [0.2, 0.25) is 0 Å². The van der Waals surface area contributed by atoms with Crippen LogP contribution in [-0.2, 0) is 4.74 Å². The Morgan fingerprint density at radius 1 is 0.931 bits per heavy atom. The number of rotatable bonds is 6. The number of carbonyl (C=O) groups is 2. The molecule has 0 spiro atoms. The van der Waals surface area contributed by atoms with Crippen LogP contribution in [0.4, 0.5) is 0 Å². The summed E-state index contributed by atoms with van der Waals surface area (Å²) in [5, 5.41) is 2.88. The van der Waals surface area contributed by atoms with E-state index >= 15 is 0 Å². The van der Waals surface area contributed by atoms with Crippen LogP contribution in [0, 0.1) is 6.92 Å². The third kappa shape index (κ3) is 9.83. The largest absolute Gasteiger partial charge is 0.383 e. The number of methoxy groups -OCH3 is 1. The van der Waals surface area contributed by atoms with Gasteiger partial charge in [-0.05, 0) is 50.1 Å². The molecule has 0 heterocycles. The van der Waals surface area contributed by atoms with Gasteiger partial charge in [0.15, 0.2) is 5.78 Å².